The van der Waals surface area contributed by atoms with Gasteiger partial charge in [0.05, 0.1) is 0 Å². The highest BCUT2D eigenvalue weighted by atomic mass is 15.1. The zero-order valence-corrected chi connectivity index (χ0v) is 12.6. The maximum atomic E-state index is 3.56. The van der Waals surface area contributed by atoms with Crippen molar-refractivity contribution in [2.75, 3.05) is 26.7 Å². The standard InChI is InChI=1S/C16H32N2/c1-4-18(11-14-6-5-7-14)12-15-10-13(2)8-9-16(15)17-3/h13-17H,4-12H2,1-3H3. The number of nitrogens with zero attached hydrogens (tertiary/aromatic N) is 1. The molecule has 0 aliphatic heterocycles. The van der Waals surface area contributed by atoms with Crippen molar-refractivity contribution < 1.29 is 0 Å². The quantitative estimate of drug-likeness (QED) is 0.781. The first-order valence-corrected chi connectivity index (χ1v) is 8.12. The molecule has 2 aliphatic rings. The molecule has 2 aliphatic carbocycles. The fraction of sp³-hybridized carbons (Fsp3) is 1.00. The second-order valence-electron chi connectivity index (χ2n) is 6.72. The lowest BCUT2D eigenvalue weighted by Crippen LogP contribution is -2.45. The molecular weight excluding hydrogens is 220 g/mol. The largest absolute Gasteiger partial charge is 0.317 e. The van der Waals surface area contributed by atoms with Gasteiger partial charge in [-0.2, -0.15) is 0 Å². The van der Waals surface area contributed by atoms with E-state index in [1.165, 1.54) is 58.2 Å². The predicted molar refractivity (Wildman–Crippen MR) is 78.8 cm³/mol. The van der Waals surface area contributed by atoms with Gasteiger partial charge in [-0.05, 0) is 63.5 Å². The van der Waals surface area contributed by atoms with Gasteiger partial charge >= 0.3 is 0 Å². The first-order chi connectivity index (χ1) is 8.72. The van der Waals surface area contributed by atoms with Crippen LogP contribution in [0.1, 0.15) is 52.4 Å². The average molecular weight is 252 g/mol. The fourth-order valence-corrected chi connectivity index (χ4v) is 3.79. The second-order valence-corrected chi connectivity index (χ2v) is 6.72. The highest BCUT2D eigenvalue weighted by molar-refractivity contribution is 4.85. The first-order valence-electron chi connectivity index (χ1n) is 8.12. The van der Waals surface area contributed by atoms with Crippen molar-refractivity contribution in [1.82, 2.24) is 10.2 Å². The molecule has 2 saturated carbocycles. The van der Waals surface area contributed by atoms with Gasteiger partial charge < -0.3 is 10.2 Å². The summed E-state index contributed by atoms with van der Waals surface area (Å²) in [5.41, 5.74) is 0. The molecule has 0 aromatic heterocycles. The predicted octanol–water partition coefficient (Wildman–Crippen LogP) is 3.13. The summed E-state index contributed by atoms with van der Waals surface area (Å²) in [5.74, 6) is 2.82. The minimum Gasteiger partial charge on any atom is -0.317 e. The molecule has 0 amide bonds. The summed E-state index contributed by atoms with van der Waals surface area (Å²) >= 11 is 0. The maximum absolute atomic E-state index is 3.56. The molecule has 2 heteroatoms. The third-order valence-electron chi connectivity index (χ3n) is 5.30. The van der Waals surface area contributed by atoms with Crippen LogP contribution < -0.4 is 5.32 Å². The van der Waals surface area contributed by atoms with Crippen molar-refractivity contribution in [3.63, 3.8) is 0 Å². The molecule has 18 heavy (non-hydrogen) atoms. The van der Waals surface area contributed by atoms with E-state index in [1.807, 2.05) is 0 Å². The number of nitrogens with one attached hydrogen (secondary N) is 1. The summed E-state index contributed by atoms with van der Waals surface area (Å²) in [5, 5.41) is 3.56. The van der Waals surface area contributed by atoms with Gasteiger partial charge in [0, 0.05) is 19.1 Å². The lowest BCUT2D eigenvalue weighted by Gasteiger charge is -2.39. The van der Waals surface area contributed by atoms with Gasteiger partial charge in [-0.15, -0.1) is 0 Å². The lowest BCUT2D eigenvalue weighted by molar-refractivity contribution is 0.121. The van der Waals surface area contributed by atoms with Gasteiger partial charge in [0.1, 0.15) is 0 Å². The van der Waals surface area contributed by atoms with Gasteiger partial charge in [0.15, 0.2) is 0 Å². The zero-order valence-electron chi connectivity index (χ0n) is 12.6. The molecule has 3 atom stereocenters. The molecular formula is C16H32N2. The minimum atomic E-state index is 0.761. The van der Waals surface area contributed by atoms with E-state index in [1.54, 1.807) is 0 Å². The van der Waals surface area contributed by atoms with Crippen molar-refractivity contribution in [3.05, 3.63) is 0 Å². The monoisotopic (exact) mass is 252 g/mol. The summed E-state index contributed by atoms with van der Waals surface area (Å²) in [6, 6.07) is 0.761. The Morgan fingerprint density at radius 1 is 1.11 bits per heavy atom. The Morgan fingerprint density at radius 2 is 1.89 bits per heavy atom. The number of hydrogen-bond acceptors (Lipinski definition) is 2. The van der Waals surface area contributed by atoms with E-state index in [0.717, 1.165) is 23.8 Å². The Labute approximate surface area is 114 Å². The van der Waals surface area contributed by atoms with Crippen LogP contribution in [0.2, 0.25) is 0 Å². The molecule has 106 valence electrons. The molecule has 0 radical (unpaired) electrons. The molecule has 0 aromatic carbocycles. The van der Waals surface area contributed by atoms with E-state index in [9.17, 15) is 0 Å². The van der Waals surface area contributed by atoms with Crippen molar-refractivity contribution in [2.24, 2.45) is 17.8 Å². The molecule has 2 rings (SSSR count). The van der Waals surface area contributed by atoms with Crippen LogP contribution in [-0.4, -0.2) is 37.6 Å². The Balaban J connectivity index is 1.82. The van der Waals surface area contributed by atoms with Gasteiger partial charge in [-0.3, -0.25) is 0 Å². The Morgan fingerprint density at radius 3 is 2.44 bits per heavy atom. The Kier molecular flexibility index (Phi) is 5.50. The smallest absolute Gasteiger partial charge is 0.0105 e. The number of hydrogen-bond donors (Lipinski definition) is 1. The summed E-state index contributed by atoms with van der Waals surface area (Å²) < 4.78 is 0. The highest BCUT2D eigenvalue weighted by Crippen LogP contribution is 2.31. The van der Waals surface area contributed by atoms with Crippen molar-refractivity contribution in [1.29, 1.82) is 0 Å². The van der Waals surface area contributed by atoms with Gasteiger partial charge in [-0.25, -0.2) is 0 Å². The molecule has 3 unspecified atom stereocenters. The van der Waals surface area contributed by atoms with Crippen LogP contribution in [0.4, 0.5) is 0 Å². The summed E-state index contributed by atoms with van der Waals surface area (Å²) in [6.45, 7) is 8.68. The second kappa shape index (κ2) is 6.91. The molecule has 0 heterocycles. The highest BCUT2D eigenvalue weighted by Gasteiger charge is 2.29. The van der Waals surface area contributed by atoms with Crippen LogP contribution in [-0.2, 0) is 0 Å². The fourth-order valence-electron chi connectivity index (χ4n) is 3.79. The molecule has 0 saturated heterocycles. The van der Waals surface area contributed by atoms with Crippen molar-refractivity contribution >= 4 is 0 Å². The Hall–Kier alpha value is -0.0800. The summed E-state index contributed by atoms with van der Waals surface area (Å²) in [4.78, 5) is 2.72. The third-order valence-corrected chi connectivity index (χ3v) is 5.30. The average Bonchev–Trinajstić information content (AvgIpc) is 2.32. The van der Waals surface area contributed by atoms with E-state index in [0.29, 0.717) is 0 Å². The number of rotatable bonds is 6. The zero-order chi connectivity index (χ0) is 13.0. The Bertz CT molecular complexity index is 237. The molecule has 2 nitrogen and oxygen atoms in total. The van der Waals surface area contributed by atoms with Crippen LogP contribution >= 0.6 is 0 Å². The third kappa shape index (κ3) is 3.71. The van der Waals surface area contributed by atoms with E-state index >= 15 is 0 Å². The van der Waals surface area contributed by atoms with Gasteiger partial charge in [0.2, 0.25) is 0 Å². The van der Waals surface area contributed by atoms with Crippen LogP contribution in [0.15, 0.2) is 0 Å². The summed E-state index contributed by atoms with van der Waals surface area (Å²) in [7, 11) is 2.15. The molecule has 0 spiro atoms. The van der Waals surface area contributed by atoms with Crippen LogP contribution in [0.3, 0.4) is 0 Å². The van der Waals surface area contributed by atoms with Crippen molar-refractivity contribution in [2.45, 2.75) is 58.4 Å². The molecule has 1 N–H and O–H groups in total. The van der Waals surface area contributed by atoms with Crippen LogP contribution in [0.25, 0.3) is 0 Å². The van der Waals surface area contributed by atoms with Gasteiger partial charge in [0.25, 0.3) is 0 Å². The van der Waals surface area contributed by atoms with Gasteiger partial charge in [-0.1, -0.05) is 20.3 Å². The van der Waals surface area contributed by atoms with E-state index < -0.39 is 0 Å². The topological polar surface area (TPSA) is 15.3 Å². The summed E-state index contributed by atoms with van der Waals surface area (Å²) in [6.07, 6.45) is 8.65. The molecule has 0 aromatic rings. The molecule has 0 bridgehead atoms. The van der Waals surface area contributed by atoms with E-state index in [2.05, 4.69) is 31.1 Å². The maximum Gasteiger partial charge on any atom is 0.0105 e. The van der Waals surface area contributed by atoms with E-state index in [-0.39, 0.29) is 0 Å². The minimum absolute atomic E-state index is 0.761. The lowest BCUT2D eigenvalue weighted by atomic mass is 9.78. The van der Waals surface area contributed by atoms with Crippen molar-refractivity contribution in [3.8, 4) is 0 Å². The molecule has 2 fully saturated rings. The van der Waals surface area contributed by atoms with Crippen LogP contribution in [0.5, 0.6) is 0 Å². The SMILES string of the molecule is CCN(CC1CCC1)CC1CC(C)CCC1NC. The first kappa shape index (κ1) is 14.3. The normalized spacial score (nSPS) is 33.7. The van der Waals surface area contributed by atoms with Crippen LogP contribution in [0, 0.1) is 17.8 Å². The van der Waals surface area contributed by atoms with E-state index in [4.69, 9.17) is 0 Å².